The molecule has 0 saturated carbocycles. The zero-order valence-electron chi connectivity index (χ0n) is 16.7. The normalized spacial score (nSPS) is 16.0. The number of nitrogens with zero attached hydrogens (tertiary/aromatic N) is 2. The lowest BCUT2D eigenvalue weighted by Gasteiger charge is -2.34. The van der Waals surface area contributed by atoms with Gasteiger partial charge in [0.2, 0.25) is 0 Å². The fraction of sp³-hybridized carbons (Fsp3) is 0.650. The molecule has 1 aliphatic rings. The van der Waals surface area contributed by atoms with E-state index in [1.807, 2.05) is 6.07 Å². The molecular weight excluding hydrogens is 349 g/mol. The summed E-state index contributed by atoms with van der Waals surface area (Å²) in [6.45, 7) is 4.17. The smallest absolute Gasteiger partial charge is 0.193 e. The third kappa shape index (κ3) is 7.08. The summed E-state index contributed by atoms with van der Waals surface area (Å²) in [6, 6.07) is 5.11. The highest BCUT2D eigenvalue weighted by Crippen LogP contribution is 2.15. The summed E-state index contributed by atoms with van der Waals surface area (Å²) in [5.74, 6) is 0.628. The van der Waals surface area contributed by atoms with Gasteiger partial charge in [-0.1, -0.05) is 6.07 Å². The van der Waals surface area contributed by atoms with Crippen LogP contribution < -0.4 is 5.32 Å². The van der Waals surface area contributed by atoms with E-state index < -0.39 is 0 Å². The average Bonchev–Trinajstić information content (AvgIpc) is 2.69. The minimum Gasteiger partial charge on any atom is -0.385 e. The number of halogens is 1. The predicted molar refractivity (Wildman–Crippen MR) is 104 cm³/mol. The first-order chi connectivity index (χ1) is 13.2. The molecule has 0 spiro atoms. The van der Waals surface area contributed by atoms with Gasteiger partial charge in [0.1, 0.15) is 5.82 Å². The van der Waals surface area contributed by atoms with E-state index in [1.165, 1.54) is 6.07 Å². The molecule has 1 aromatic rings. The van der Waals surface area contributed by atoms with Crippen LogP contribution in [0, 0.1) is 5.82 Å². The first-order valence-electron chi connectivity index (χ1n) is 9.50. The molecule has 1 aromatic carbocycles. The highest BCUT2D eigenvalue weighted by molar-refractivity contribution is 5.79. The standard InChI is InChI=1S/C20H32FN3O3/c1-22-20(23-14-16-5-6-19(21)17(13-16)15-26-3)24-9-7-18(8-10-24)27-12-4-11-25-2/h5-6,13,18H,4,7-12,14-15H2,1-3H3,(H,22,23). The van der Waals surface area contributed by atoms with Crippen molar-refractivity contribution in [2.45, 2.75) is 38.5 Å². The maximum Gasteiger partial charge on any atom is 0.193 e. The Balaban J connectivity index is 1.79. The Morgan fingerprint density at radius 3 is 2.67 bits per heavy atom. The number of hydrogen-bond acceptors (Lipinski definition) is 4. The van der Waals surface area contributed by atoms with Gasteiger partial charge >= 0.3 is 0 Å². The number of aliphatic imine (C=N–C) groups is 1. The third-order valence-corrected chi connectivity index (χ3v) is 4.66. The van der Waals surface area contributed by atoms with Gasteiger partial charge in [0.25, 0.3) is 0 Å². The van der Waals surface area contributed by atoms with E-state index in [4.69, 9.17) is 14.2 Å². The molecule has 1 heterocycles. The number of ether oxygens (including phenoxy) is 3. The van der Waals surface area contributed by atoms with Crippen molar-refractivity contribution in [2.75, 3.05) is 47.6 Å². The Bertz CT molecular complexity index is 590. The van der Waals surface area contributed by atoms with E-state index >= 15 is 0 Å². The van der Waals surface area contributed by atoms with Crippen LogP contribution in [-0.4, -0.2) is 64.5 Å². The zero-order chi connectivity index (χ0) is 19.5. The minimum atomic E-state index is -0.238. The second-order valence-electron chi connectivity index (χ2n) is 6.66. The highest BCUT2D eigenvalue weighted by Gasteiger charge is 2.21. The van der Waals surface area contributed by atoms with Gasteiger partial charge in [-0.3, -0.25) is 4.99 Å². The second kappa shape index (κ2) is 11.9. The molecule has 152 valence electrons. The number of likely N-dealkylation sites (tertiary alicyclic amines) is 1. The van der Waals surface area contributed by atoms with Crippen molar-refractivity contribution in [3.05, 3.63) is 35.1 Å². The molecule has 2 rings (SSSR count). The summed E-state index contributed by atoms with van der Waals surface area (Å²) in [4.78, 5) is 6.63. The van der Waals surface area contributed by atoms with Crippen LogP contribution in [0.1, 0.15) is 30.4 Å². The number of piperidine rings is 1. The predicted octanol–water partition coefficient (Wildman–Crippen LogP) is 2.57. The molecule has 0 aliphatic carbocycles. The first kappa shape index (κ1) is 21.6. The second-order valence-corrected chi connectivity index (χ2v) is 6.66. The van der Waals surface area contributed by atoms with E-state index in [2.05, 4.69) is 15.2 Å². The molecule has 1 fully saturated rings. The minimum absolute atomic E-state index is 0.238. The SMILES string of the molecule is CN=C(NCc1ccc(F)c(COC)c1)N1CCC(OCCCOC)CC1. The highest BCUT2D eigenvalue weighted by atomic mass is 19.1. The molecular formula is C20H32FN3O3. The van der Waals surface area contributed by atoms with Crippen molar-refractivity contribution < 1.29 is 18.6 Å². The van der Waals surface area contributed by atoms with Crippen molar-refractivity contribution in [3.63, 3.8) is 0 Å². The molecule has 1 aliphatic heterocycles. The lowest BCUT2D eigenvalue weighted by molar-refractivity contribution is 0.00989. The van der Waals surface area contributed by atoms with Gasteiger partial charge in [-0.15, -0.1) is 0 Å². The van der Waals surface area contributed by atoms with E-state index in [0.29, 0.717) is 18.2 Å². The van der Waals surface area contributed by atoms with Gasteiger partial charge in [-0.25, -0.2) is 4.39 Å². The van der Waals surface area contributed by atoms with Crippen LogP contribution in [0.5, 0.6) is 0 Å². The summed E-state index contributed by atoms with van der Waals surface area (Å²) in [5, 5.41) is 3.37. The number of hydrogen-bond donors (Lipinski definition) is 1. The fourth-order valence-corrected chi connectivity index (χ4v) is 3.21. The van der Waals surface area contributed by atoms with Gasteiger partial charge in [0.05, 0.1) is 12.7 Å². The van der Waals surface area contributed by atoms with Crippen molar-refractivity contribution in [1.82, 2.24) is 10.2 Å². The van der Waals surface area contributed by atoms with Crippen LogP contribution in [0.15, 0.2) is 23.2 Å². The number of rotatable bonds is 9. The summed E-state index contributed by atoms with van der Waals surface area (Å²) in [6.07, 6.45) is 3.22. The lowest BCUT2D eigenvalue weighted by atomic mass is 10.1. The van der Waals surface area contributed by atoms with Crippen LogP contribution in [0.3, 0.4) is 0 Å². The van der Waals surface area contributed by atoms with E-state index in [9.17, 15) is 4.39 Å². The molecule has 0 radical (unpaired) electrons. The van der Waals surface area contributed by atoms with Crippen molar-refractivity contribution in [2.24, 2.45) is 4.99 Å². The molecule has 0 bridgehead atoms. The molecule has 1 N–H and O–H groups in total. The van der Waals surface area contributed by atoms with E-state index in [-0.39, 0.29) is 12.4 Å². The van der Waals surface area contributed by atoms with Crippen molar-refractivity contribution in [3.8, 4) is 0 Å². The monoisotopic (exact) mass is 381 g/mol. The number of methoxy groups -OCH3 is 2. The Morgan fingerprint density at radius 2 is 2.00 bits per heavy atom. The van der Waals surface area contributed by atoms with Gasteiger partial charge in [-0.05, 0) is 37.0 Å². The molecule has 6 nitrogen and oxygen atoms in total. The first-order valence-corrected chi connectivity index (χ1v) is 9.50. The van der Waals surface area contributed by atoms with Crippen LogP contribution >= 0.6 is 0 Å². The molecule has 27 heavy (non-hydrogen) atoms. The Kier molecular flexibility index (Phi) is 9.52. The largest absolute Gasteiger partial charge is 0.385 e. The third-order valence-electron chi connectivity index (χ3n) is 4.66. The summed E-state index contributed by atoms with van der Waals surface area (Å²) < 4.78 is 29.7. The van der Waals surface area contributed by atoms with Crippen LogP contribution in [0.25, 0.3) is 0 Å². The lowest BCUT2D eigenvalue weighted by Crippen LogP contribution is -2.46. The number of nitrogens with one attached hydrogen (secondary N) is 1. The van der Waals surface area contributed by atoms with Crippen molar-refractivity contribution in [1.29, 1.82) is 0 Å². The van der Waals surface area contributed by atoms with Crippen molar-refractivity contribution >= 4 is 5.96 Å². The van der Waals surface area contributed by atoms with Gasteiger partial charge in [0, 0.05) is 59.7 Å². The van der Waals surface area contributed by atoms with Gasteiger partial charge in [-0.2, -0.15) is 0 Å². The average molecular weight is 381 g/mol. The maximum atomic E-state index is 13.7. The Morgan fingerprint density at radius 1 is 1.22 bits per heavy atom. The van der Waals surface area contributed by atoms with E-state index in [0.717, 1.165) is 57.1 Å². The summed E-state index contributed by atoms with van der Waals surface area (Å²) >= 11 is 0. The van der Waals surface area contributed by atoms with Gasteiger partial charge in [0.15, 0.2) is 5.96 Å². The van der Waals surface area contributed by atoms with Crippen LogP contribution in [-0.2, 0) is 27.4 Å². The molecule has 0 atom stereocenters. The molecule has 7 heteroatoms. The summed E-state index contributed by atoms with van der Waals surface area (Å²) in [5.41, 5.74) is 1.57. The summed E-state index contributed by atoms with van der Waals surface area (Å²) in [7, 11) is 5.06. The Labute approximate surface area is 161 Å². The van der Waals surface area contributed by atoms with E-state index in [1.54, 1.807) is 27.3 Å². The Hall–Kier alpha value is -1.70. The molecule has 0 amide bonds. The molecule has 1 saturated heterocycles. The molecule has 0 unspecified atom stereocenters. The molecule has 0 aromatic heterocycles. The fourth-order valence-electron chi connectivity index (χ4n) is 3.21. The van der Waals surface area contributed by atoms with Crippen LogP contribution in [0.4, 0.5) is 4.39 Å². The maximum absolute atomic E-state index is 13.7. The van der Waals surface area contributed by atoms with Crippen LogP contribution in [0.2, 0.25) is 0 Å². The quantitative estimate of drug-likeness (QED) is 0.405. The van der Waals surface area contributed by atoms with Gasteiger partial charge < -0.3 is 24.4 Å². The number of guanidine groups is 1. The zero-order valence-corrected chi connectivity index (χ0v) is 16.7. The topological polar surface area (TPSA) is 55.3 Å². The number of benzene rings is 1.